The van der Waals surface area contributed by atoms with Crippen LogP contribution in [0.3, 0.4) is 0 Å². The first kappa shape index (κ1) is 17.6. The van der Waals surface area contributed by atoms with Gasteiger partial charge in [0.15, 0.2) is 0 Å². The summed E-state index contributed by atoms with van der Waals surface area (Å²) in [5.74, 6) is 4.81. The van der Waals surface area contributed by atoms with Crippen molar-refractivity contribution in [1.82, 2.24) is 0 Å². The van der Waals surface area contributed by atoms with Gasteiger partial charge in [-0.25, -0.2) is 0 Å². The summed E-state index contributed by atoms with van der Waals surface area (Å²) in [6.07, 6.45) is 17.7. The van der Waals surface area contributed by atoms with Gasteiger partial charge in [-0.3, -0.25) is 0 Å². The summed E-state index contributed by atoms with van der Waals surface area (Å²) >= 11 is 0. The van der Waals surface area contributed by atoms with Crippen molar-refractivity contribution >= 4 is 0 Å². The zero-order valence-corrected chi connectivity index (χ0v) is 16.2. The van der Waals surface area contributed by atoms with Gasteiger partial charge < -0.3 is 9.84 Å². The largest absolute Gasteiger partial charge is 0.378 e. The molecule has 0 aromatic heterocycles. The fourth-order valence-corrected chi connectivity index (χ4v) is 7.26. The van der Waals surface area contributed by atoms with E-state index in [1.54, 1.807) is 5.57 Å². The topological polar surface area (TPSA) is 29.5 Å². The molecule has 0 spiro atoms. The lowest BCUT2D eigenvalue weighted by molar-refractivity contribution is -0.0988. The first-order valence-electron chi connectivity index (χ1n) is 10.4. The van der Waals surface area contributed by atoms with E-state index in [0.717, 1.165) is 38.2 Å². The number of rotatable bonds is 2. The van der Waals surface area contributed by atoms with Crippen LogP contribution in [0.15, 0.2) is 11.6 Å². The number of terminal acetylenes is 1. The fraction of sp³-hybridized carbons (Fsp3) is 0.826. The Bertz CT molecular complexity index is 616. The molecule has 25 heavy (non-hydrogen) atoms. The van der Waals surface area contributed by atoms with Gasteiger partial charge in [0, 0.05) is 12.0 Å². The van der Waals surface area contributed by atoms with Crippen molar-refractivity contribution < 1.29 is 9.84 Å². The standard InChI is InChI=1S/C23H34O2/c1-5-23(24)14-11-20-18-8-7-16-15-17(25-6-2)9-12-21(16,3)19(18)10-13-22(20,23)4/h1,7,17-20,24H,6,8-15H2,2-4H3/t17?,18-,19+,20+,21+,22+,23+/m1/s1. The molecule has 4 aliphatic rings. The van der Waals surface area contributed by atoms with Crippen molar-refractivity contribution in [3.63, 3.8) is 0 Å². The highest BCUT2D eigenvalue weighted by Crippen LogP contribution is 2.67. The Kier molecular flexibility index (Phi) is 4.13. The van der Waals surface area contributed by atoms with Crippen LogP contribution in [0.25, 0.3) is 0 Å². The predicted octanol–water partition coefficient (Wildman–Crippen LogP) is 4.72. The Balaban J connectivity index is 1.63. The van der Waals surface area contributed by atoms with Gasteiger partial charge in [0.05, 0.1) is 6.10 Å². The molecule has 1 N–H and O–H groups in total. The van der Waals surface area contributed by atoms with Gasteiger partial charge in [-0.15, -0.1) is 6.42 Å². The Hall–Kier alpha value is -0.780. The summed E-state index contributed by atoms with van der Waals surface area (Å²) in [6, 6.07) is 0. The molecule has 0 aliphatic heterocycles. The van der Waals surface area contributed by atoms with Gasteiger partial charge in [0.25, 0.3) is 0 Å². The van der Waals surface area contributed by atoms with Crippen LogP contribution >= 0.6 is 0 Å². The lowest BCUT2D eigenvalue weighted by atomic mass is 9.47. The first-order valence-corrected chi connectivity index (χ1v) is 10.4. The first-order chi connectivity index (χ1) is 11.9. The molecule has 0 aromatic rings. The van der Waals surface area contributed by atoms with Crippen molar-refractivity contribution in [2.75, 3.05) is 6.61 Å². The third-order valence-corrected chi connectivity index (χ3v) is 8.85. The molecule has 2 nitrogen and oxygen atoms in total. The molecule has 4 aliphatic carbocycles. The molecule has 0 saturated heterocycles. The molecular weight excluding hydrogens is 308 g/mol. The number of hydrogen-bond donors (Lipinski definition) is 1. The molecule has 2 heteroatoms. The Morgan fingerprint density at radius 1 is 1.20 bits per heavy atom. The molecule has 3 fully saturated rings. The van der Waals surface area contributed by atoms with Crippen molar-refractivity contribution in [2.45, 2.75) is 83.8 Å². The van der Waals surface area contributed by atoms with Crippen molar-refractivity contribution in [3.8, 4) is 12.3 Å². The van der Waals surface area contributed by atoms with Gasteiger partial charge in [0.2, 0.25) is 0 Å². The lowest BCUT2D eigenvalue weighted by Gasteiger charge is -2.58. The Morgan fingerprint density at radius 2 is 1.96 bits per heavy atom. The van der Waals surface area contributed by atoms with E-state index in [-0.39, 0.29) is 5.41 Å². The average molecular weight is 343 g/mol. The van der Waals surface area contributed by atoms with Crippen LogP contribution in [0.5, 0.6) is 0 Å². The van der Waals surface area contributed by atoms with E-state index in [2.05, 4.69) is 32.8 Å². The summed E-state index contributed by atoms with van der Waals surface area (Å²) < 4.78 is 5.94. The highest BCUT2D eigenvalue weighted by atomic mass is 16.5. The number of ether oxygens (including phenoxy) is 1. The van der Waals surface area contributed by atoms with Crippen LogP contribution in [0.1, 0.15) is 72.1 Å². The minimum atomic E-state index is -0.889. The third kappa shape index (κ3) is 2.31. The maximum atomic E-state index is 11.1. The number of hydrogen-bond acceptors (Lipinski definition) is 2. The van der Waals surface area contributed by atoms with Crippen LogP contribution in [-0.4, -0.2) is 23.4 Å². The van der Waals surface area contributed by atoms with E-state index >= 15 is 0 Å². The minimum Gasteiger partial charge on any atom is -0.378 e. The molecular formula is C23H34O2. The smallest absolute Gasteiger partial charge is 0.130 e. The highest BCUT2D eigenvalue weighted by molar-refractivity contribution is 5.28. The van der Waals surface area contributed by atoms with Gasteiger partial charge in [-0.1, -0.05) is 31.4 Å². The van der Waals surface area contributed by atoms with Gasteiger partial charge in [-0.05, 0) is 81.5 Å². The molecule has 3 saturated carbocycles. The molecule has 0 bridgehead atoms. The number of aliphatic hydroxyl groups is 1. The van der Waals surface area contributed by atoms with E-state index < -0.39 is 5.60 Å². The summed E-state index contributed by atoms with van der Waals surface area (Å²) in [5.41, 5.74) is 1.02. The van der Waals surface area contributed by atoms with Gasteiger partial charge in [-0.2, -0.15) is 0 Å². The van der Waals surface area contributed by atoms with E-state index in [1.165, 1.54) is 25.7 Å². The third-order valence-electron chi connectivity index (χ3n) is 8.85. The van der Waals surface area contributed by atoms with Crippen LogP contribution < -0.4 is 0 Å². The number of fused-ring (bicyclic) bond motifs is 5. The van der Waals surface area contributed by atoms with E-state index in [0.29, 0.717) is 23.4 Å². The van der Waals surface area contributed by atoms with Crippen molar-refractivity contribution in [1.29, 1.82) is 0 Å². The SMILES string of the molecule is C#C[C@]1(O)CC[C@H]2[C@@H]3CC=C4CC(OCC)CC[C@]4(C)[C@H]3CC[C@@]21C. The highest BCUT2D eigenvalue weighted by Gasteiger charge is 2.63. The molecule has 0 amide bonds. The van der Waals surface area contributed by atoms with Gasteiger partial charge >= 0.3 is 0 Å². The summed E-state index contributed by atoms with van der Waals surface area (Å²) in [7, 11) is 0. The molecule has 1 unspecified atom stereocenters. The van der Waals surface area contributed by atoms with Crippen molar-refractivity contribution in [2.24, 2.45) is 28.6 Å². The molecule has 138 valence electrons. The van der Waals surface area contributed by atoms with Crippen molar-refractivity contribution in [3.05, 3.63) is 11.6 Å². The second-order valence-corrected chi connectivity index (χ2v) is 9.58. The monoisotopic (exact) mass is 342 g/mol. The van der Waals surface area contributed by atoms with E-state index in [9.17, 15) is 5.11 Å². The predicted molar refractivity (Wildman–Crippen MR) is 101 cm³/mol. The van der Waals surface area contributed by atoms with E-state index in [4.69, 9.17) is 11.2 Å². The molecule has 0 heterocycles. The van der Waals surface area contributed by atoms with Crippen LogP contribution in [-0.2, 0) is 4.74 Å². The fourth-order valence-electron chi connectivity index (χ4n) is 7.26. The molecule has 0 radical (unpaired) electrons. The second-order valence-electron chi connectivity index (χ2n) is 9.58. The molecule has 4 rings (SSSR count). The summed E-state index contributed by atoms with van der Waals surface area (Å²) in [4.78, 5) is 0. The zero-order valence-electron chi connectivity index (χ0n) is 16.2. The van der Waals surface area contributed by atoms with Crippen LogP contribution in [0.4, 0.5) is 0 Å². The lowest BCUT2D eigenvalue weighted by Crippen LogP contribution is -2.54. The number of allylic oxidation sites excluding steroid dienone is 1. The second kappa shape index (κ2) is 5.86. The summed E-state index contributed by atoms with van der Waals surface area (Å²) in [5, 5.41) is 11.1. The quantitative estimate of drug-likeness (QED) is 0.581. The maximum absolute atomic E-state index is 11.1. The average Bonchev–Trinajstić information content (AvgIpc) is 2.87. The van der Waals surface area contributed by atoms with Crippen LogP contribution in [0.2, 0.25) is 0 Å². The maximum Gasteiger partial charge on any atom is 0.130 e. The Labute approximate surface area is 153 Å². The Morgan fingerprint density at radius 3 is 2.68 bits per heavy atom. The molecule has 0 aromatic carbocycles. The normalized spacial score (nSPS) is 51.7. The van der Waals surface area contributed by atoms with Gasteiger partial charge in [0.1, 0.15) is 5.60 Å². The zero-order chi connectivity index (χ0) is 17.9. The van der Waals surface area contributed by atoms with Crippen LogP contribution in [0, 0.1) is 40.9 Å². The minimum absolute atomic E-state index is 0.0901. The molecule has 7 atom stereocenters. The van der Waals surface area contributed by atoms with E-state index in [1.807, 2.05) is 0 Å². The summed E-state index contributed by atoms with van der Waals surface area (Å²) in [6.45, 7) is 7.72.